The minimum atomic E-state index is -0.425. The lowest BCUT2D eigenvalue weighted by Gasteiger charge is -2.35. The SMILES string of the molecule is CC/C=C\C=C(/C)C1(c2ccc(N(c3ccc(-c4cccc(-c5ccccc5)c4)cc3)c3ccc4oc5c(c4c3)=CCCC=5)cc2)c2ccccc2-c2ccccc21. The Morgan fingerprint density at radius 1 is 0.586 bits per heavy atom. The van der Waals surface area contributed by atoms with Crippen molar-refractivity contribution in [2.24, 2.45) is 0 Å². The molecule has 280 valence electrons. The summed E-state index contributed by atoms with van der Waals surface area (Å²) in [6.07, 6.45) is 14.4. The van der Waals surface area contributed by atoms with E-state index in [1.165, 1.54) is 60.9 Å². The zero-order valence-electron chi connectivity index (χ0n) is 33.0. The van der Waals surface area contributed by atoms with Crippen molar-refractivity contribution >= 4 is 40.2 Å². The Morgan fingerprint density at radius 3 is 1.86 bits per heavy atom. The third-order valence-corrected chi connectivity index (χ3v) is 12.1. The maximum absolute atomic E-state index is 6.33. The van der Waals surface area contributed by atoms with E-state index in [2.05, 4.69) is 219 Å². The van der Waals surface area contributed by atoms with Crippen molar-refractivity contribution < 1.29 is 4.42 Å². The minimum absolute atomic E-state index is 0.425. The van der Waals surface area contributed by atoms with Gasteiger partial charge in [-0.05, 0) is 131 Å². The van der Waals surface area contributed by atoms with Crippen LogP contribution in [0.4, 0.5) is 17.1 Å². The maximum atomic E-state index is 6.33. The highest BCUT2D eigenvalue weighted by molar-refractivity contribution is 5.89. The van der Waals surface area contributed by atoms with Gasteiger partial charge in [0.05, 0.1) is 5.41 Å². The molecule has 0 saturated heterocycles. The van der Waals surface area contributed by atoms with Crippen LogP contribution in [0.3, 0.4) is 0 Å². The first-order valence-corrected chi connectivity index (χ1v) is 20.6. The van der Waals surface area contributed by atoms with Crippen molar-refractivity contribution in [2.75, 3.05) is 4.90 Å². The van der Waals surface area contributed by atoms with Gasteiger partial charge in [-0.2, -0.15) is 0 Å². The Kier molecular flexibility index (Phi) is 9.11. The summed E-state index contributed by atoms with van der Waals surface area (Å²) in [7, 11) is 0. The Bertz CT molecular complexity index is 2940. The Hall–Kier alpha value is -6.90. The normalized spacial score (nSPS) is 14.1. The van der Waals surface area contributed by atoms with Gasteiger partial charge in [0.2, 0.25) is 0 Å². The van der Waals surface area contributed by atoms with Crippen molar-refractivity contribution in [1.29, 1.82) is 0 Å². The lowest BCUT2D eigenvalue weighted by molar-refractivity contribution is 0.572. The van der Waals surface area contributed by atoms with Gasteiger partial charge in [0, 0.05) is 27.7 Å². The molecular weight excluding hydrogens is 703 g/mol. The van der Waals surface area contributed by atoms with E-state index >= 15 is 0 Å². The number of hydrogen-bond acceptors (Lipinski definition) is 2. The van der Waals surface area contributed by atoms with Crippen LogP contribution in [-0.2, 0) is 5.41 Å². The van der Waals surface area contributed by atoms with Gasteiger partial charge in [-0.1, -0.05) is 158 Å². The highest BCUT2D eigenvalue weighted by Gasteiger charge is 2.45. The zero-order chi connectivity index (χ0) is 39.1. The fourth-order valence-corrected chi connectivity index (χ4v) is 9.36. The largest absolute Gasteiger partial charge is 0.456 e. The van der Waals surface area contributed by atoms with Gasteiger partial charge in [-0.25, -0.2) is 0 Å². The summed E-state index contributed by atoms with van der Waals surface area (Å²) in [5.41, 5.74) is 17.4. The Morgan fingerprint density at radius 2 is 1.17 bits per heavy atom. The van der Waals surface area contributed by atoms with Crippen LogP contribution in [0.1, 0.15) is 49.8 Å². The van der Waals surface area contributed by atoms with Crippen LogP contribution in [0.15, 0.2) is 198 Å². The summed E-state index contributed by atoms with van der Waals surface area (Å²) in [5, 5.41) is 2.35. The number of furan rings is 1. The van der Waals surface area contributed by atoms with Gasteiger partial charge in [0.1, 0.15) is 11.0 Å². The molecule has 2 aliphatic rings. The number of nitrogens with zero attached hydrogens (tertiary/aromatic N) is 1. The van der Waals surface area contributed by atoms with Crippen LogP contribution in [0.2, 0.25) is 0 Å². The molecule has 0 aliphatic heterocycles. The van der Waals surface area contributed by atoms with Crippen LogP contribution in [0.5, 0.6) is 0 Å². The van der Waals surface area contributed by atoms with E-state index in [-0.39, 0.29) is 0 Å². The molecule has 0 N–H and O–H groups in total. The van der Waals surface area contributed by atoms with E-state index in [1.54, 1.807) is 0 Å². The number of hydrogen-bond donors (Lipinski definition) is 0. The van der Waals surface area contributed by atoms with Gasteiger partial charge >= 0.3 is 0 Å². The standard InChI is InChI=1S/C56H45NO/c1-3-4-6-16-39(2)56(52-24-12-9-21-48(52)49-22-10-13-25-53(49)56)44-29-33-46(34-30-44)57(47-35-36-55-51(38-47)50-23-11-14-26-54(50)58-55)45-31-27-41(28-32-45)43-20-15-19-42(37-43)40-17-7-5-8-18-40/h4-10,12-13,15-38H,3,11,14H2,1-2H3/b6-4-,39-16+. The summed E-state index contributed by atoms with van der Waals surface area (Å²) in [4.78, 5) is 2.38. The molecule has 0 radical (unpaired) electrons. The molecule has 0 amide bonds. The molecule has 1 aromatic heterocycles. The lowest BCUT2D eigenvalue weighted by Crippen LogP contribution is -2.28. The second-order valence-corrected chi connectivity index (χ2v) is 15.4. The van der Waals surface area contributed by atoms with Crippen LogP contribution in [0, 0.1) is 0 Å². The quantitative estimate of drug-likeness (QED) is 0.137. The number of anilines is 3. The first-order valence-electron chi connectivity index (χ1n) is 20.6. The van der Waals surface area contributed by atoms with E-state index < -0.39 is 5.41 Å². The molecular formula is C56H45NO. The fourth-order valence-electron chi connectivity index (χ4n) is 9.36. The average Bonchev–Trinajstić information content (AvgIpc) is 3.81. The van der Waals surface area contributed by atoms with Gasteiger partial charge in [-0.3, -0.25) is 0 Å². The van der Waals surface area contributed by atoms with Crippen molar-refractivity contribution in [1.82, 2.24) is 0 Å². The predicted octanol–water partition coefficient (Wildman–Crippen LogP) is 13.8. The van der Waals surface area contributed by atoms with Crippen molar-refractivity contribution in [3.63, 3.8) is 0 Å². The number of rotatable bonds is 9. The van der Waals surface area contributed by atoms with E-state index in [0.29, 0.717) is 0 Å². The average molecular weight is 748 g/mol. The van der Waals surface area contributed by atoms with Crippen LogP contribution in [-0.4, -0.2) is 0 Å². The molecule has 0 bridgehead atoms. The molecule has 58 heavy (non-hydrogen) atoms. The minimum Gasteiger partial charge on any atom is -0.456 e. The summed E-state index contributed by atoms with van der Waals surface area (Å²) in [6.45, 7) is 4.48. The van der Waals surface area contributed by atoms with Crippen LogP contribution >= 0.6 is 0 Å². The van der Waals surface area contributed by atoms with Gasteiger partial charge in [-0.15, -0.1) is 0 Å². The summed E-state index contributed by atoms with van der Waals surface area (Å²) < 4.78 is 6.33. The number of benzene rings is 7. The van der Waals surface area contributed by atoms with Gasteiger partial charge < -0.3 is 9.32 Å². The molecule has 2 nitrogen and oxygen atoms in total. The highest BCUT2D eigenvalue weighted by Crippen LogP contribution is 2.56. The summed E-state index contributed by atoms with van der Waals surface area (Å²) in [6, 6.07) is 62.3. The predicted molar refractivity (Wildman–Crippen MR) is 244 cm³/mol. The smallest absolute Gasteiger partial charge is 0.135 e. The molecule has 0 spiro atoms. The zero-order valence-corrected chi connectivity index (χ0v) is 33.0. The molecule has 7 aromatic carbocycles. The van der Waals surface area contributed by atoms with Gasteiger partial charge in [0.15, 0.2) is 0 Å². The Labute approximate surface area is 341 Å². The van der Waals surface area contributed by atoms with Crippen molar-refractivity contribution in [2.45, 2.75) is 38.5 Å². The molecule has 1 heterocycles. The first kappa shape index (κ1) is 35.5. The summed E-state index contributed by atoms with van der Waals surface area (Å²) in [5.74, 6) is 0. The van der Waals surface area contributed by atoms with E-state index in [0.717, 1.165) is 52.7 Å². The van der Waals surface area contributed by atoms with Crippen LogP contribution in [0.25, 0.3) is 56.5 Å². The van der Waals surface area contributed by atoms with E-state index in [9.17, 15) is 0 Å². The third-order valence-electron chi connectivity index (χ3n) is 12.1. The molecule has 0 unspecified atom stereocenters. The fraction of sp³-hybridized carbons (Fsp3) is 0.107. The summed E-state index contributed by atoms with van der Waals surface area (Å²) >= 11 is 0. The molecule has 0 fully saturated rings. The van der Waals surface area contributed by atoms with Gasteiger partial charge in [0.25, 0.3) is 0 Å². The maximum Gasteiger partial charge on any atom is 0.135 e. The molecule has 10 rings (SSSR count). The van der Waals surface area contributed by atoms with E-state index in [4.69, 9.17) is 4.42 Å². The molecule has 0 saturated carbocycles. The molecule has 0 atom stereocenters. The lowest BCUT2D eigenvalue weighted by atomic mass is 9.67. The highest BCUT2D eigenvalue weighted by atomic mass is 16.3. The second kappa shape index (κ2) is 14.9. The monoisotopic (exact) mass is 747 g/mol. The second-order valence-electron chi connectivity index (χ2n) is 15.4. The number of allylic oxidation sites excluding steroid dienone is 4. The van der Waals surface area contributed by atoms with Crippen LogP contribution < -0.4 is 15.5 Å². The Balaban J connectivity index is 1.11. The number of fused-ring (bicyclic) bond motifs is 6. The van der Waals surface area contributed by atoms with E-state index in [1.807, 2.05) is 0 Å². The third kappa shape index (κ3) is 5.96. The molecule has 2 aliphatic carbocycles. The first-order chi connectivity index (χ1) is 28.6. The molecule has 8 aromatic rings. The van der Waals surface area contributed by atoms with Crippen molar-refractivity contribution in [3.05, 3.63) is 221 Å². The van der Waals surface area contributed by atoms with Crippen molar-refractivity contribution in [3.8, 4) is 33.4 Å². The molecule has 2 heteroatoms. The topological polar surface area (TPSA) is 16.4 Å².